The normalized spacial score (nSPS) is 18.2. The van der Waals surface area contributed by atoms with Crippen molar-refractivity contribution < 1.29 is 9.47 Å². The number of thioether (sulfide) groups is 1. The highest BCUT2D eigenvalue weighted by atomic mass is 35.5. The summed E-state index contributed by atoms with van der Waals surface area (Å²) in [4.78, 5) is 4.82. The smallest absolute Gasteiger partial charge is 0.191 e. The minimum atomic E-state index is 0.0117. The van der Waals surface area contributed by atoms with Crippen molar-refractivity contribution in [3.63, 3.8) is 0 Å². The molecule has 0 aromatic heterocycles. The molecule has 1 atom stereocenters. The lowest BCUT2D eigenvalue weighted by atomic mass is 9.99. The lowest BCUT2D eigenvalue weighted by molar-refractivity contribution is 0.0794. The predicted octanol–water partition coefficient (Wildman–Crippen LogP) is 3.57. The molecule has 0 amide bonds. The highest BCUT2D eigenvalue weighted by molar-refractivity contribution is 8.00. The van der Waals surface area contributed by atoms with Crippen LogP contribution in [0.4, 0.5) is 0 Å². The molecule has 0 bridgehead atoms. The molecule has 1 aromatic rings. The largest absolute Gasteiger partial charge is 0.489 e. The molecular formula is C19H30ClN3O2S. The highest BCUT2D eigenvalue weighted by Crippen LogP contribution is 2.33. The number of benzene rings is 1. The summed E-state index contributed by atoms with van der Waals surface area (Å²) in [5, 5.41) is 7.40. The zero-order chi connectivity index (χ0) is 18.8. The summed E-state index contributed by atoms with van der Waals surface area (Å²) in [5.74, 6) is 1.65. The molecule has 2 N–H and O–H groups in total. The Bertz CT molecular complexity index is 562. The molecule has 1 fully saturated rings. The number of hydrogen-bond acceptors (Lipinski definition) is 4. The van der Waals surface area contributed by atoms with Crippen LogP contribution in [0.5, 0.6) is 5.75 Å². The number of nitrogens with zero attached hydrogens (tertiary/aromatic N) is 1. The van der Waals surface area contributed by atoms with E-state index >= 15 is 0 Å². The molecule has 0 spiro atoms. The first-order valence-corrected chi connectivity index (χ1v) is 10.7. The molecule has 0 aliphatic carbocycles. The first kappa shape index (κ1) is 21.2. The van der Waals surface area contributed by atoms with Gasteiger partial charge in [-0.2, -0.15) is 11.8 Å². The maximum atomic E-state index is 5.91. The van der Waals surface area contributed by atoms with Gasteiger partial charge in [0.2, 0.25) is 0 Å². The van der Waals surface area contributed by atoms with Gasteiger partial charge in [-0.05, 0) is 57.2 Å². The molecule has 1 aliphatic rings. The molecule has 1 saturated heterocycles. The van der Waals surface area contributed by atoms with Crippen LogP contribution >= 0.6 is 23.4 Å². The zero-order valence-corrected chi connectivity index (χ0v) is 17.5. The molecule has 1 aliphatic heterocycles. The van der Waals surface area contributed by atoms with Crippen molar-refractivity contribution in [3.05, 3.63) is 29.3 Å². The second-order valence-electron chi connectivity index (χ2n) is 6.46. The first-order valence-electron chi connectivity index (χ1n) is 9.14. The average Bonchev–Trinajstić information content (AvgIpc) is 2.66. The third kappa shape index (κ3) is 6.89. The Morgan fingerprint density at radius 1 is 1.31 bits per heavy atom. The van der Waals surface area contributed by atoms with E-state index in [1.165, 1.54) is 0 Å². The zero-order valence-electron chi connectivity index (χ0n) is 15.9. The quantitative estimate of drug-likeness (QED) is 0.517. The fraction of sp³-hybridized carbons (Fsp3) is 0.632. The van der Waals surface area contributed by atoms with Gasteiger partial charge in [0.05, 0.1) is 13.1 Å². The number of aliphatic imine (C=N–C) groups is 1. The molecular weight excluding hydrogens is 370 g/mol. The van der Waals surface area contributed by atoms with Crippen LogP contribution in [-0.4, -0.2) is 55.9 Å². The van der Waals surface area contributed by atoms with Crippen LogP contribution in [-0.2, 0) is 4.74 Å². The van der Waals surface area contributed by atoms with Gasteiger partial charge in [0.25, 0.3) is 0 Å². The Labute approximate surface area is 166 Å². The molecule has 7 heteroatoms. The van der Waals surface area contributed by atoms with E-state index in [1.54, 1.807) is 0 Å². The highest BCUT2D eigenvalue weighted by Gasteiger charge is 2.31. The Hall–Kier alpha value is -1.11. The summed E-state index contributed by atoms with van der Waals surface area (Å²) in [6.45, 7) is 8.05. The van der Waals surface area contributed by atoms with Gasteiger partial charge in [0.15, 0.2) is 5.96 Å². The second-order valence-corrected chi connectivity index (χ2v) is 8.17. The van der Waals surface area contributed by atoms with Crippen LogP contribution in [0, 0.1) is 0 Å². The van der Waals surface area contributed by atoms with Gasteiger partial charge in [0, 0.05) is 29.5 Å². The standard InChI is InChI=1S/C19H30ClN3O2S/c1-4-21-18(23-14-19(26-3)9-11-24-12-10-19)22-13-15(2)25-17-7-5-16(20)6-8-17/h5-8,15H,4,9-14H2,1-3H3,(H2,21,22,23). The Morgan fingerprint density at radius 3 is 2.62 bits per heavy atom. The second kappa shape index (κ2) is 10.9. The minimum absolute atomic E-state index is 0.0117. The topological polar surface area (TPSA) is 54.9 Å². The van der Waals surface area contributed by atoms with Crippen molar-refractivity contribution >= 4 is 29.3 Å². The molecule has 1 unspecified atom stereocenters. The summed E-state index contributed by atoms with van der Waals surface area (Å²) in [7, 11) is 0. The van der Waals surface area contributed by atoms with Crippen LogP contribution in [0.15, 0.2) is 29.3 Å². The van der Waals surface area contributed by atoms with Crippen LogP contribution in [0.25, 0.3) is 0 Å². The summed E-state index contributed by atoms with van der Waals surface area (Å²) >= 11 is 7.81. The van der Waals surface area contributed by atoms with E-state index in [-0.39, 0.29) is 10.9 Å². The van der Waals surface area contributed by atoms with Gasteiger partial charge in [-0.1, -0.05) is 11.6 Å². The van der Waals surface area contributed by atoms with Crippen LogP contribution < -0.4 is 15.4 Å². The van der Waals surface area contributed by atoms with Crippen molar-refractivity contribution in [2.75, 3.05) is 39.1 Å². The molecule has 2 rings (SSSR count). The number of hydrogen-bond donors (Lipinski definition) is 2. The van der Waals surface area contributed by atoms with E-state index < -0.39 is 0 Å². The van der Waals surface area contributed by atoms with E-state index in [9.17, 15) is 0 Å². The van der Waals surface area contributed by atoms with E-state index in [1.807, 2.05) is 43.0 Å². The third-order valence-electron chi connectivity index (χ3n) is 4.41. The van der Waals surface area contributed by atoms with Gasteiger partial charge >= 0.3 is 0 Å². The van der Waals surface area contributed by atoms with Gasteiger partial charge in [-0.15, -0.1) is 0 Å². The minimum Gasteiger partial charge on any atom is -0.489 e. The SMILES string of the molecule is CCNC(=NCC1(SC)CCOCC1)NCC(C)Oc1ccc(Cl)cc1. The van der Waals surface area contributed by atoms with Gasteiger partial charge in [0.1, 0.15) is 11.9 Å². The van der Waals surface area contributed by atoms with E-state index in [0.717, 1.165) is 50.9 Å². The van der Waals surface area contributed by atoms with Gasteiger partial charge < -0.3 is 20.1 Å². The number of halogens is 1. The Morgan fingerprint density at radius 2 is 2.00 bits per heavy atom. The fourth-order valence-electron chi connectivity index (χ4n) is 2.76. The fourth-order valence-corrected chi connectivity index (χ4v) is 3.66. The van der Waals surface area contributed by atoms with E-state index in [4.69, 9.17) is 26.1 Å². The Kier molecular flexibility index (Phi) is 8.88. The molecule has 146 valence electrons. The van der Waals surface area contributed by atoms with Gasteiger partial charge in [-0.3, -0.25) is 4.99 Å². The first-order chi connectivity index (χ1) is 12.6. The number of nitrogens with one attached hydrogen (secondary N) is 2. The van der Waals surface area contributed by atoms with Crippen LogP contribution in [0.3, 0.4) is 0 Å². The maximum absolute atomic E-state index is 5.91. The van der Waals surface area contributed by atoms with E-state index in [2.05, 4.69) is 23.8 Å². The molecule has 0 saturated carbocycles. The third-order valence-corrected chi connectivity index (χ3v) is 6.07. The molecule has 0 radical (unpaired) electrons. The lowest BCUT2D eigenvalue weighted by Gasteiger charge is -2.34. The molecule has 1 aromatic carbocycles. The molecule has 5 nitrogen and oxygen atoms in total. The van der Waals surface area contributed by atoms with Crippen LogP contribution in [0.2, 0.25) is 5.02 Å². The van der Waals surface area contributed by atoms with Crippen molar-refractivity contribution in [2.45, 2.75) is 37.5 Å². The maximum Gasteiger partial charge on any atom is 0.191 e. The monoisotopic (exact) mass is 399 g/mol. The number of rotatable bonds is 8. The average molecular weight is 400 g/mol. The van der Waals surface area contributed by atoms with E-state index in [0.29, 0.717) is 11.6 Å². The number of guanidine groups is 1. The Balaban J connectivity index is 1.86. The molecule has 26 heavy (non-hydrogen) atoms. The van der Waals surface area contributed by atoms with Crippen molar-refractivity contribution in [1.82, 2.24) is 10.6 Å². The van der Waals surface area contributed by atoms with Crippen molar-refractivity contribution in [3.8, 4) is 5.75 Å². The van der Waals surface area contributed by atoms with Crippen LogP contribution in [0.1, 0.15) is 26.7 Å². The lowest BCUT2D eigenvalue weighted by Crippen LogP contribution is -2.43. The summed E-state index contributed by atoms with van der Waals surface area (Å²) in [6.07, 6.45) is 4.28. The number of ether oxygens (including phenoxy) is 2. The predicted molar refractivity (Wildman–Crippen MR) is 112 cm³/mol. The van der Waals surface area contributed by atoms with Gasteiger partial charge in [-0.25, -0.2) is 0 Å². The summed E-state index contributed by atoms with van der Waals surface area (Å²) < 4.78 is 11.6. The summed E-state index contributed by atoms with van der Waals surface area (Å²) in [6, 6.07) is 7.42. The van der Waals surface area contributed by atoms with Crippen molar-refractivity contribution in [1.29, 1.82) is 0 Å². The summed E-state index contributed by atoms with van der Waals surface area (Å²) in [5.41, 5.74) is 0. The van der Waals surface area contributed by atoms with Crippen molar-refractivity contribution in [2.24, 2.45) is 4.99 Å². The molecule has 1 heterocycles.